The molecule has 2 amide bonds. The zero-order chi connectivity index (χ0) is 28.7. The summed E-state index contributed by atoms with van der Waals surface area (Å²) in [5, 5.41) is 18.5. The van der Waals surface area contributed by atoms with E-state index in [4.69, 9.17) is 32.4 Å². The number of nitro benzene ring substituents is 1. The van der Waals surface area contributed by atoms with Crippen LogP contribution in [0.3, 0.4) is 0 Å². The predicted molar refractivity (Wildman–Crippen MR) is 149 cm³/mol. The van der Waals surface area contributed by atoms with E-state index in [9.17, 15) is 19.7 Å². The van der Waals surface area contributed by atoms with Gasteiger partial charge in [0.1, 0.15) is 23.3 Å². The molecule has 0 radical (unpaired) electrons. The van der Waals surface area contributed by atoms with Crippen molar-refractivity contribution in [1.82, 2.24) is 10.7 Å². The third-order valence-corrected chi connectivity index (χ3v) is 6.12. The number of hydrogen-bond donors (Lipinski definition) is 2. The topological polar surface area (TPSA) is 136 Å². The summed E-state index contributed by atoms with van der Waals surface area (Å²) in [6.07, 6.45) is 0.722. The maximum Gasteiger partial charge on any atom is 0.273 e. The molecule has 0 saturated heterocycles. The molecule has 0 spiro atoms. The van der Waals surface area contributed by atoms with Crippen LogP contribution >= 0.6 is 23.2 Å². The average molecular weight is 575 g/mol. The number of furan rings is 1. The highest BCUT2D eigenvalue weighted by atomic mass is 35.5. The van der Waals surface area contributed by atoms with Crippen molar-refractivity contribution in [1.29, 1.82) is 0 Å². The number of hydrogen-bond acceptors (Lipinski definition) is 7. The number of nitrogens with zero attached hydrogens (tertiary/aromatic N) is 2. The van der Waals surface area contributed by atoms with Gasteiger partial charge in [0, 0.05) is 22.2 Å². The lowest BCUT2D eigenvalue weighted by atomic mass is 10.0. The molecule has 0 aliphatic rings. The van der Waals surface area contributed by atoms with Crippen LogP contribution in [0.25, 0.3) is 11.3 Å². The minimum Gasteiger partial charge on any atom is -0.479 e. The Kier molecular flexibility index (Phi) is 10.1. The van der Waals surface area contributed by atoms with Gasteiger partial charge in [-0.15, -0.1) is 0 Å². The smallest absolute Gasteiger partial charge is 0.273 e. The van der Waals surface area contributed by atoms with E-state index in [-0.39, 0.29) is 22.4 Å². The lowest BCUT2D eigenvalue weighted by Crippen LogP contribution is -2.49. The van der Waals surface area contributed by atoms with E-state index in [0.29, 0.717) is 34.1 Å². The molecule has 39 heavy (non-hydrogen) atoms. The van der Waals surface area contributed by atoms with Crippen molar-refractivity contribution in [3.8, 4) is 17.1 Å². The Balaban J connectivity index is 1.63. The summed E-state index contributed by atoms with van der Waals surface area (Å²) in [5.74, 6) is 0.0828. The van der Waals surface area contributed by atoms with E-state index in [1.807, 2.05) is 13.8 Å². The number of amides is 2. The number of benzene rings is 2. The molecule has 0 aliphatic carbocycles. The number of nitro groups is 1. The molecule has 1 heterocycles. The zero-order valence-electron chi connectivity index (χ0n) is 21.7. The number of halogens is 2. The zero-order valence-corrected chi connectivity index (χ0v) is 23.2. The summed E-state index contributed by atoms with van der Waals surface area (Å²) in [5.41, 5.74) is 3.48. The summed E-state index contributed by atoms with van der Waals surface area (Å²) in [6, 6.07) is 11.8. The molecule has 2 atom stereocenters. The Bertz CT molecular complexity index is 1390. The third kappa shape index (κ3) is 8.30. The van der Waals surface area contributed by atoms with Crippen LogP contribution < -0.4 is 15.5 Å². The maximum absolute atomic E-state index is 12.8. The van der Waals surface area contributed by atoms with Crippen molar-refractivity contribution >= 4 is 46.9 Å². The molecular weight excluding hydrogens is 547 g/mol. The van der Waals surface area contributed by atoms with Crippen LogP contribution in [0.2, 0.25) is 10.0 Å². The van der Waals surface area contributed by atoms with Crippen molar-refractivity contribution < 1.29 is 23.7 Å². The van der Waals surface area contributed by atoms with Crippen molar-refractivity contribution in [3.05, 3.63) is 80.0 Å². The molecule has 0 fully saturated rings. The highest BCUT2D eigenvalue weighted by molar-refractivity contribution is 6.35. The Morgan fingerprint density at radius 1 is 1.10 bits per heavy atom. The molecule has 10 nitrogen and oxygen atoms in total. The van der Waals surface area contributed by atoms with E-state index in [0.717, 1.165) is 0 Å². The molecule has 0 saturated carbocycles. The van der Waals surface area contributed by atoms with Gasteiger partial charge in [0.2, 0.25) is 0 Å². The van der Waals surface area contributed by atoms with Crippen molar-refractivity contribution in [2.24, 2.45) is 11.0 Å². The predicted octanol–water partition coefficient (Wildman–Crippen LogP) is 5.92. The normalized spacial score (nSPS) is 12.8. The molecule has 3 aromatic rings. The fourth-order valence-electron chi connectivity index (χ4n) is 3.58. The molecule has 206 valence electrons. The highest BCUT2D eigenvalue weighted by Crippen LogP contribution is 2.29. The SMILES string of the molecule is Cc1ccc(-c2ccc(/C=N\NC(=O)[C@H](CC(C)C)NC(=O)[C@H](C)Oc3ccc(Cl)cc3Cl)o2)cc1[N+](=O)[O-]. The van der Waals surface area contributed by atoms with Gasteiger partial charge in [0.05, 0.1) is 16.2 Å². The van der Waals surface area contributed by atoms with Gasteiger partial charge < -0.3 is 14.5 Å². The van der Waals surface area contributed by atoms with Gasteiger partial charge in [-0.2, -0.15) is 5.10 Å². The summed E-state index contributed by atoms with van der Waals surface area (Å²) in [6.45, 7) is 7.04. The van der Waals surface area contributed by atoms with Crippen molar-refractivity contribution in [2.75, 3.05) is 0 Å². The van der Waals surface area contributed by atoms with E-state index in [1.165, 1.54) is 18.3 Å². The van der Waals surface area contributed by atoms with E-state index < -0.39 is 28.9 Å². The molecule has 12 heteroatoms. The highest BCUT2D eigenvalue weighted by Gasteiger charge is 2.25. The van der Waals surface area contributed by atoms with Crippen LogP contribution in [0.5, 0.6) is 5.75 Å². The Morgan fingerprint density at radius 2 is 1.85 bits per heavy atom. The van der Waals surface area contributed by atoms with Gasteiger partial charge in [-0.1, -0.05) is 49.2 Å². The third-order valence-electron chi connectivity index (χ3n) is 5.59. The minimum atomic E-state index is -0.936. The van der Waals surface area contributed by atoms with Gasteiger partial charge >= 0.3 is 0 Å². The Morgan fingerprint density at radius 3 is 2.51 bits per heavy atom. The Hall–Kier alpha value is -3.89. The summed E-state index contributed by atoms with van der Waals surface area (Å²) in [7, 11) is 0. The van der Waals surface area contributed by atoms with Gasteiger partial charge in [-0.3, -0.25) is 19.7 Å². The standard InChI is InChI=1S/C27H28Cl2N4O6/c1-15(2)11-22(31-26(34)17(4)38-25-9-7-19(28)13-21(25)29)27(35)32-30-14-20-8-10-24(39-20)18-6-5-16(3)23(12-18)33(36)37/h5-10,12-15,17,22H,11H2,1-4H3,(H,31,34)(H,32,35)/b30-14-/t17-,22-/m0/s1. The van der Waals surface area contributed by atoms with Crippen LogP contribution in [-0.2, 0) is 9.59 Å². The van der Waals surface area contributed by atoms with Crippen molar-refractivity contribution in [2.45, 2.75) is 46.3 Å². The fraction of sp³-hybridized carbons (Fsp3) is 0.296. The molecule has 2 aromatic carbocycles. The molecule has 1 aromatic heterocycles. The number of nitrogens with one attached hydrogen (secondary N) is 2. The second-order valence-electron chi connectivity index (χ2n) is 9.22. The second kappa shape index (κ2) is 13.3. The molecule has 3 rings (SSSR count). The van der Waals surface area contributed by atoms with Gasteiger partial charge in [-0.05, 0) is 56.5 Å². The molecule has 0 aliphatic heterocycles. The largest absolute Gasteiger partial charge is 0.479 e. The van der Waals surface area contributed by atoms with Crippen molar-refractivity contribution in [3.63, 3.8) is 0 Å². The Labute approximate surface area is 235 Å². The van der Waals surface area contributed by atoms with Crippen LogP contribution in [0, 0.1) is 23.0 Å². The van der Waals surface area contributed by atoms with Gasteiger partial charge in [0.25, 0.3) is 17.5 Å². The van der Waals surface area contributed by atoms with E-state index in [1.54, 1.807) is 50.2 Å². The van der Waals surface area contributed by atoms with Gasteiger partial charge in [0.15, 0.2) is 6.10 Å². The first-order chi connectivity index (χ1) is 18.4. The number of carbonyl (C=O) groups excluding carboxylic acids is 2. The second-order valence-corrected chi connectivity index (χ2v) is 10.1. The molecular formula is C27H28Cl2N4O6. The number of ether oxygens (including phenoxy) is 1. The summed E-state index contributed by atoms with van der Waals surface area (Å²) < 4.78 is 11.3. The van der Waals surface area contributed by atoms with E-state index >= 15 is 0 Å². The van der Waals surface area contributed by atoms with Crippen LogP contribution in [0.1, 0.15) is 38.5 Å². The number of rotatable bonds is 11. The lowest BCUT2D eigenvalue weighted by molar-refractivity contribution is -0.385. The van der Waals surface area contributed by atoms with E-state index in [2.05, 4.69) is 15.8 Å². The summed E-state index contributed by atoms with van der Waals surface area (Å²) >= 11 is 12.0. The number of carbonyl (C=O) groups is 2. The molecule has 2 N–H and O–H groups in total. The molecule has 0 unspecified atom stereocenters. The number of hydrazone groups is 1. The first-order valence-corrected chi connectivity index (χ1v) is 12.8. The first kappa shape index (κ1) is 29.7. The average Bonchev–Trinajstić information content (AvgIpc) is 3.33. The lowest BCUT2D eigenvalue weighted by Gasteiger charge is -2.22. The fourth-order valence-corrected chi connectivity index (χ4v) is 4.03. The van der Waals surface area contributed by atoms with Gasteiger partial charge in [-0.25, -0.2) is 5.43 Å². The quantitative estimate of drug-likeness (QED) is 0.166. The van der Waals surface area contributed by atoms with Crippen LogP contribution in [0.4, 0.5) is 5.69 Å². The van der Waals surface area contributed by atoms with Crippen LogP contribution in [-0.4, -0.2) is 35.1 Å². The summed E-state index contributed by atoms with van der Waals surface area (Å²) in [4.78, 5) is 36.4. The minimum absolute atomic E-state index is 0.0133. The number of aryl methyl sites for hydroxylation is 1. The first-order valence-electron chi connectivity index (χ1n) is 12.0. The molecule has 0 bridgehead atoms. The monoisotopic (exact) mass is 574 g/mol. The van der Waals surface area contributed by atoms with Crippen LogP contribution in [0.15, 0.2) is 58.0 Å². The maximum atomic E-state index is 12.8.